The van der Waals surface area contributed by atoms with Crippen molar-refractivity contribution in [3.8, 4) is 11.8 Å². The minimum absolute atomic E-state index is 0.138. The van der Waals surface area contributed by atoms with E-state index in [0.717, 1.165) is 38.2 Å². The molecule has 2 atom stereocenters. The molecule has 0 aromatic heterocycles. The number of hydrogen-bond donors (Lipinski definition) is 1. The number of nitrogens with zero attached hydrogens (tertiary/aromatic N) is 2. The van der Waals surface area contributed by atoms with Crippen molar-refractivity contribution in [3.05, 3.63) is 29.8 Å². The van der Waals surface area contributed by atoms with E-state index in [1.165, 1.54) is 0 Å². The Labute approximate surface area is 120 Å². The van der Waals surface area contributed by atoms with Gasteiger partial charge in [-0.05, 0) is 43.0 Å². The Morgan fingerprint density at radius 2 is 2.15 bits per heavy atom. The first-order valence-electron chi connectivity index (χ1n) is 7.22. The van der Waals surface area contributed by atoms with Crippen molar-refractivity contribution in [2.45, 2.75) is 25.9 Å². The molecule has 0 aliphatic carbocycles. The van der Waals surface area contributed by atoms with E-state index >= 15 is 0 Å². The normalized spacial score (nSPS) is 23.2. The lowest BCUT2D eigenvalue weighted by Crippen LogP contribution is -2.42. The van der Waals surface area contributed by atoms with Gasteiger partial charge in [-0.3, -0.25) is 0 Å². The summed E-state index contributed by atoms with van der Waals surface area (Å²) in [6.07, 6.45) is 1.71. The predicted octanol–water partition coefficient (Wildman–Crippen LogP) is 2.03. The van der Waals surface area contributed by atoms with Gasteiger partial charge < -0.3 is 14.7 Å². The topological polar surface area (TPSA) is 56.5 Å². The summed E-state index contributed by atoms with van der Waals surface area (Å²) in [5.74, 6) is 1.18. The van der Waals surface area contributed by atoms with Gasteiger partial charge in [-0.2, -0.15) is 5.26 Å². The fourth-order valence-electron chi connectivity index (χ4n) is 2.53. The lowest BCUT2D eigenvalue weighted by atomic mass is 9.97. The monoisotopic (exact) mass is 274 g/mol. The molecule has 1 aromatic rings. The third-order valence-electron chi connectivity index (χ3n) is 3.81. The zero-order chi connectivity index (χ0) is 14.4. The number of ether oxygens (including phenoxy) is 1. The van der Waals surface area contributed by atoms with Crippen LogP contribution < -0.4 is 4.74 Å². The SMILES string of the molecule is CC1CN(CCCOc2ccc(C#N)cc2)CCC1O. The maximum absolute atomic E-state index is 9.68. The number of benzene rings is 1. The largest absolute Gasteiger partial charge is 0.494 e. The Hall–Kier alpha value is -1.57. The maximum Gasteiger partial charge on any atom is 0.119 e. The van der Waals surface area contributed by atoms with E-state index in [2.05, 4.69) is 17.9 Å². The highest BCUT2D eigenvalue weighted by Gasteiger charge is 2.23. The van der Waals surface area contributed by atoms with Gasteiger partial charge in [-0.1, -0.05) is 6.92 Å². The molecule has 0 bridgehead atoms. The average Bonchev–Trinajstić information content (AvgIpc) is 2.48. The van der Waals surface area contributed by atoms with Crippen molar-refractivity contribution in [1.29, 1.82) is 5.26 Å². The number of rotatable bonds is 5. The molecule has 1 saturated heterocycles. The summed E-state index contributed by atoms with van der Waals surface area (Å²) in [5.41, 5.74) is 0.651. The smallest absolute Gasteiger partial charge is 0.119 e. The van der Waals surface area contributed by atoms with E-state index in [9.17, 15) is 5.11 Å². The van der Waals surface area contributed by atoms with Crippen molar-refractivity contribution < 1.29 is 9.84 Å². The first-order chi connectivity index (χ1) is 9.69. The van der Waals surface area contributed by atoms with Gasteiger partial charge in [-0.15, -0.1) is 0 Å². The van der Waals surface area contributed by atoms with E-state index in [4.69, 9.17) is 10.00 Å². The number of aliphatic hydroxyl groups is 1. The summed E-state index contributed by atoms with van der Waals surface area (Å²) in [6.45, 7) is 5.73. The maximum atomic E-state index is 9.68. The highest BCUT2D eigenvalue weighted by atomic mass is 16.5. The summed E-state index contributed by atoms with van der Waals surface area (Å²) >= 11 is 0. The van der Waals surface area contributed by atoms with E-state index < -0.39 is 0 Å². The Bertz CT molecular complexity index is 453. The van der Waals surface area contributed by atoms with Gasteiger partial charge >= 0.3 is 0 Å². The third-order valence-corrected chi connectivity index (χ3v) is 3.81. The number of nitriles is 1. The molecule has 20 heavy (non-hydrogen) atoms. The van der Waals surface area contributed by atoms with Crippen molar-refractivity contribution in [3.63, 3.8) is 0 Å². The molecule has 1 fully saturated rings. The number of aliphatic hydroxyl groups excluding tert-OH is 1. The summed E-state index contributed by atoms with van der Waals surface area (Å²) < 4.78 is 5.66. The molecule has 0 amide bonds. The van der Waals surface area contributed by atoms with E-state index in [-0.39, 0.29) is 6.10 Å². The lowest BCUT2D eigenvalue weighted by Gasteiger charge is -2.34. The van der Waals surface area contributed by atoms with Crippen LogP contribution in [0.4, 0.5) is 0 Å². The molecule has 0 spiro atoms. The van der Waals surface area contributed by atoms with Crippen LogP contribution in [0.1, 0.15) is 25.3 Å². The lowest BCUT2D eigenvalue weighted by molar-refractivity contribution is 0.0334. The molecule has 1 N–H and O–H groups in total. The van der Waals surface area contributed by atoms with Gasteiger partial charge in [0.1, 0.15) is 5.75 Å². The Morgan fingerprint density at radius 3 is 2.80 bits per heavy atom. The van der Waals surface area contributed by atoms with Crippen LogP contribution in [0.15, 0.2) is 24.3 Å². The number of hydrogen-bond acceptors (Lipinski definition) is 4. The van der Waals surface area contributed by atoms with Crippen LogP contribution in [0.5, 0.6) is 5.75 Å². The minimum Gasteiger partial charge on any atom is -0.494 e. The molecule has 4 heteroatoms. The zero-order valence-corrected chi connectivity index (χ0v) is 12.0. The summed E-state index contributed by atoms with van der Waals surface area (Å²) in [7, 11) is 0. The quantitative estimate of drug-likeness (QED) is 0.835. The number of likely N-dealkylation sites (tertiary alicyclic amines) is 1. The molecular formula is C16H22N2O2. The van der Waals surface area contributed by atoms with Gasteiger partial charge in [0.2, 0.25) is 0 Å². The van der Waals surface area contributed by atoms with Gasteiger partial charge in [0.25, 0.3) is 0 Å². The molecule has 0 saturated carbocycles. The number of piperidine rings is 1. The van der Waals surface area contributed by atoms with E-state index in [0.29, 0.717) is 18.1 Å². The molecule has 1 aliphatic heterocycles. The molecule has 4 nitrogen and oxygen atoms in total. The fraction of sp³-hybridized carbons (Fsp3) is 0.562. The van der Waals surface area contributed by atoms with E-state index in [1.54, 1.807) is 12.1 Å². The molecule has 2 rings (SSSR count). The second-order valence-corrected chi connectivity index (χ2v) is 5.47. The van der Waals surface area contributed by atoms with Crippen LogP contribution in [-0.2, 0) is 0 Å². The Balaban J connectivity index is 1.65. The first-order valence-corrected chi connectivity index (χ1v) is 7.22. The summed E-state index contributed by atoms with van der Waals surface area (Å²) in [4.78, 5) is 2.39. The molecule has 108 valence electrons. The third kappa shape index (κ3) is 4.22. The van der Waals surface area contributed by atoms with Gasteiger partial charge in [0.15, 0.2) is 0 Å². The first kappa shape index (κ1) is 14.8. The molecule has 1 heterocycles. The standard InChI is InChI=1S/C16H22N2O2/c1-13-12-18(9-7-16(13)19)8-2-10-20-15-5-3-14(11-17)4-6-15/h3-6,13,16,19H,2,7-10,12H2,1H3. The minimum atomic E-state index is -0.138. The molecule has 1 aromatic carbocycles. The van der Waals surface area contributed by atoms with Crippen LogP contribution in [0.3, 0.4) is 0 Å². The second-order valence-electron chi connectivity index (χ2n) is 5.47. The van der Waals surface area contributed by atoms with E-state index in [1.807, 2.05) is 12.1 Å². The second kappa shape index (κ2) is 7.28. The Kier molecular flexibility index (Phi) is 5.40. The van der Waals surface area contributed by atoms with Crippen LogP contribution in [0, 0.1) is 17.2 Å². The molecule has 1 aliphatic rings. The zero-order valence-electron chi connectivity index (χ0n) is 12.0. The van der Waals surface area contributed by atoms with Crippen molar-refractivity contribution >= 4 is 0 Å². The van der Waals surface area contributed by atoms with Crippen LogP contribution >= 0.6 is 0 Å². The fourth-order valence-corrected chi connectivity index (χ4v) is 2.53. The van der Waals surface area contributed by atoms with Crippen molar-refractivity contribution in [2.75, 3.05) is 26.2 Å². The van der Waals surface area contributed by atoms with Crippen LogP contribution in [0.2, 0.25) is 0 Å². The van der Waals surface area contributed by atoms with Crippen molar-refractivity contribution in [2.24, 2.45) is 5.92 Å². The molecule has 2 unspecified atom stereocenters. The highest BCUT2D eigenvalue weighted by molar-refractivity contribution is 5.34. The molecule has 0 radical (unpaired) electrons. The van der Waals surface area contributed by atoms with Gasteiger partial charge in [-0.25, -0.2) is 0 Å². The highest BCUT2D eigenvalue weighted by Crippen LogP contribution is 2.17. The Morgan fingerprint density at radius 1 is 1.40 bits per heavy atom. The summed E-state index contributed by atoms with van der Waals surface area (Å²) in [5, 5.41) is 18.4. The van der Waals surface area contributed by atoms with Crippen LogP contribution in [-0.4, -0.2) is 42.4 Å². The summed E-state index contributed by atoms with van der Waals surface area (Å²) in [6, 6.07) is 9.29. The average molecular weight is 274 g/mol. The van der Waals surface area contributed by atoms with Gasteiger partial charge in [0.05, 0.1) is 24.3 Å². The van der Waals surface area contributed by atoms with Crippen molar-refractivity contribution in [1.82, 2.24) is 4.90 Å². The molecular weight excluding hydrogens is 252 g/mol. The van der Waals surface area contributed by atoms with Gasteiger partial charge in [0, 0.05) is 19.6 Å². The predicted molar refractivity (Wildman–Crippen MR) is 77.5 cm³/mol. The van der Waals surface area contributed by atoms with Crippen LogP contribution in [0.25, 0.3) is 0 Å².